The van der Waals surface area contributed by atoms with Gasteiger partial charge in [-0.05, 0) is 19.4 Å². The molecule has 7 heteroatoms. The third kappa shape index (κ3) is 3.62. The molecule has 1 saturated heterocycles. The zero-order valence-electron chi connectivity index (χ0n) is 12.0. The van der Waals surface area contributed by atoms with E-state index in [0.29, 0.717) is 10.8 Å². The first-order valence-corrected chi connectivity index (χ1v) is 7.18. The lowest BCUT2D eigenvalue weighted by Gasteiger charge is -2.26. The van der Waals surface area contributed by atoms with Crippen LogP contribution in [0, 0.1) is 13.8 Å². The van der Waals surface area contributed by atoms with Crippen molar-refractivity contribution in [3.63, 3.8) is 0 Å². The van der Waals surface area contributed by atoms with E-state index >= 15 is 0 Å². The quantitative estimate of drug-likeness (QED) is 0.765. The van der Waals surface area contributed by atoms with Crippen LogP contribution in [0.15, 0.2) is 0 Å². The predicted octanol–water partition coefficient (Wildman–Crippen LogP) is 0.472. The highest BCUT2D eigenvalue weighted by Gasteiger charge is 2.14. The van der Waals surface area contributed by atoms with Gasteiger partial charge < -0.3 is 15.8 Å². The van der Waals surface area contributed by atoms with Gasteiger partial charge in [0.2, 0.25) is 0 Å². The molecular weight excluding hydrogens is 274 g/mol. The minimum atomic E-state index is 0.356. The Hall–Kier alpha value is -1.31. The third-order valence-electron chi connectivity index (χ3n) is 3.53. The van der Waals surface area contributed by atoms with Crippen molar-refractivity contribution in [2.24, 2.45) is 5.73 Å². The number of rotatable bonds is 5. The number of nitrogens with two attached hydrogens (primary N) is 1. The number of ether oxygens (including phenoxy) is 1. The molecule has 1 aliphatic rings. The number of hydrogen-bond acceptors (Lipinski definition) is 6. The first-order valence-electron chi connectivity index (χ1n) is 6.77. The van der Waals surface area contributed by atoms with E-state index in [-0.39, 0.29) is 0 Å². The molecular formula is C13H21N5OS. The minimum absolute atomic E-state index is 0.356. The van der Waals surface area contributed by atoms with Crippen LogP contribution < -0.4 is 11.1 Å². The van der Waals surface area contributed by atoms with Crippen molar-refractivity contribution in [2.45, 2.75) is 13.8 Å². The van der Waals surface area contributed by atoms with Crippen molar-refractivity contribution in [3.05, 3.63) is 16.8 Å². The van der Waals surface area contributed by atoms with E-state index in [9.17, 15) is 0 Å². The van der Waals surface area contributed by atoms with Gasteiger partial charge in [-0.1, -0.05) is 12.2 Å². The van der Waals surface area contributed by atoms with E-state index in [2.05, 4.69) is 20.4 Å². The fourth-order valence-corrected chi connectivity index (χ4v) is 2.44. The van der Waals surface area contributed by atoms with Crippen LogP contribution in [0.3, 0.4) is 0 Å². The van der Waals surface area contributed by atoms with Crippen LogP contribution in [0.1, 0.15) is 16.8 Å². The number of nitrogens with one attached hydrogen (secondary N) is 1. The van der Waals surface area contributed by atoms with Crippen LogP contribution in [0.4, 0.5) is 5.82 Å². The Morgan fingerprint density at radius 1 is 1.35 bits per heavy atom. The minimum Gasteiger partial charge on any atom is -0.389 e. The van der Waals surface area contributed by atoms with Gasteiger partial charge in [-0.2, -0.15) is 5.10 Å². The van der Waals surface area contributed by atoms with Crippen LogP contribution >= 0.6 is 12.2 Å². The highest BCUT2D eigenvalue weighted by atomic mass is 32.1. The average molecular weight is 295 g/mol. The second kappa shape index (κ2) is 6.92. The molecule has 3 N–H and O–H groups in total. The zero-order valence-corrected chi connectivity index (χ0v) is 12.8. The lowest BCUT2D eigenvalue weighted by molar-refractivity contribution is 0.0398. The summed E-state index contributed by atoms with van der Waals surface area (Å²) >= 11 is 5.12. The Morgan fingerprint density at radius 3 is 2.70 bits per heavy atom. The van der Waals surface area contributed by atoms with Crippen molar-refractivity contribution < 1.29 is 4.74 Å². The van der Waals surface area contributed by atoms with E-state index in [1.165, 1.54) is 0 Å². The number of aromatic nitrogens is 2. The molecule has 0 aromatic carbocycles. The van der Waals surface area contributed by atoms with Gasteiger partial charge >= 0.3 is 0 Å². The summed E-state index contributed by atoms with van der Waals surface area (Å²) in [5.74, 6) is 0.675. The molecule has 0 radical (unpaired) electrons. The van der Waals surface area contributed by atoms with Gasteiger partial charge in [-0.15, -0.1) is 5.10 Å². The molecule has 20 heavy (non-hydrogen) atoms. The summed E-state index contributed by atoms with van der Waals surface area (Å²) in [5, 5.41) is 11.6. The van der Waals surface area contributed by atoms with Crippen LogP contribution in [0.25, 0.3) is 0 Å². The fraction of sp³-hybridized carbons (Fsp3) is 0.615. The van der Waals surface area contributed by atoms with Gasteiger partial charge in [0, 0.05) is 26.2 Å². The van der Waals surface area contributed by atoms with Gasteiger partial charge in [0.25, 0.3) is 0 Å². The Balaban J connectivity index is 1.98. The van der Waals surface area contributed by atoms with Gasteiger partial charge in [-0.3, -0.25) is 4.90 Å². The van der Waals surface area contributed by atoms with Crippen LogP contribution in [-0.2, 0) is 4.74 Å². The summed E-state index contributed by atoms with van der Waals surface area (Å²) in [4.78, 5) is 2.71. The molecule has 0 atom stereocenters. The SMILES string of the molecule is Cc1nnc(NCCN2CCOCC2)c(C(N)=S)c1C. The lowest BCUT2D eigenvalue weighted by Crippen LogP contribution is -2.39. The average Bonchev–Trinajstić information content (AvgIpc) is 2.43. The smallest absolute Gasteiger partial charge is 0.159 e. The highest BCUT2D eigenvalue weighted by Crippen LogP contribution is 2.18. The fourth-order valence-electron chi connectivity index (χ4n) is 2.19. The van der Waals surface area contributed by atoms with Crippen molar-refractivity contribution in [1.29, 1.82) is 0 Å². The van der Waals surface area contributed by atoms with Crippen LogP contribution in [0.2, 0.25) is 0 Å². The van der Waals surface area contributed by atoms with E-state index in [0.717, 1.165) is 56.2 Å². The zero-order chi connectivity index (χ0) is 14.5. The summed E-state index contributed by atoms with van der Waals surface area (Å²) in [5.41, 5.74) is 8.44. The second-order valence-electron chi connectivity index (χ2n) is 4.88. The predicted molar refractivity (Wildman–Crippen MR) is 83.1 cm³/mol. The summed E-state index contributed by atoms with van der Waals surface area (Å²) in [7, 11) is 0. The van der Waals surface area contributed by atoms with Gasteiger partial charge in [0.05, 0.1) is 24.5 Å². The molecule has 0 bridgehead atoms. The molecule has 1 aromatic heterocycles. The Kier molecular flexibility index (Phi) is 5.22. The summed E-state index contributed by atoms with van der Waals surface area (Å²) in [6, 6.07) is 0. The Labute approximate surface area is 124 Å². The molecule has 0 amide bonds. The van der Waals surface area contributed by atoms with Crippen molar-refractivity contribution in [3.8, 4) is 0 Å². The molecule has 1 aromatic rings. The van der Waals surface area contributed by atoms with E-state index < -0.39 is 0 Å². The number of nitrogens with zero attached hydrogens (tertiary/aromatic N) is 3. The number of aryl methyl sites for hydroxylation is 1. The van der Waals surface area contributed by atoms with Gasteiger partial charge in [0.15, 0.2) is 5.82 Å². The molecule has 1 aliphatic heterocycles. The third-order valence-corrected chi connectivity index (χ3v) is 3.73. The molecule has 2 rings (SSSR count). The van der Waals surface area contributed by atoms with Crippen LogP contribution in [0.5, 0.6) is 0 Å². The first kappa shape index (κ1) is 15.1. The molecule has 0 saturated carbocycles. The van der Waals surface area contributed by atoms with Crippen molar-refractivity contribution in [2.75, 3.05) is 44.7 Å². The Morgan fingerprint density at radius 2 is 2.05 bits per heavy atom. The number of anilines is 1. The molecule has 6 nitrogen and oxygen atoms in total. The number of hydrogen-bond donors (Lipinski definition) is 2. The maximum Gasteiger partial charge on any atom is 0.159 e. The van der Waals surface area contributed by atoms with Crippen molar-refractivity contribution >= 4 is 23.0 Å². The van der Waals surface area contributed by atoms with E-state index in [4.69, 9.17) is 22.7 Å². The molecule has 0 aliphatic carbocycles. The second-order valence-corrected chi connectivity index (χ2v) is 5.32. The van der Waals surface area contributed by atoms with Gasteiger partial charge in [-0.25, -0.2) is 0 Å². The molecule has 110 valence electrons. The topological polar surface area (TPSA) is 76.3 Å². The maximum absolute atomic E-state index is 5.80. The Bertz CT molecular complexity index is 488. The number of thiocarbonyl (C=S) groups is 1. The van der Waals surface area contributed by atoms with Crippen LogP contribution in [-0.4, -0.2) is 59.5 Å². The maximum atomic E-state index is 5.80. The number of morpholine rings is 1. The molecule has 1 fully saturated rings. The summed E-state index contributed by atoms with van der Waals surface area (Å²) in [6.45, 7) is 9.16. The molecule has 2 heterocycles. The van der Waals surface area contributed by atoms with E-state index in [1.54, 1.807) is 0 Å². The summed E-state index contributed by atoms with van der Waals surface area (Å²) in [6.07, 6.45) is 0. The highest BCUT2D eigenvalue weighted by molar-refractivity contribution is 7.80. The largest absolute Gasteiger partial charge is 0.389 e. The normalized spacial score (nSPS) is 16.1. The molecule has 0 spiro atoms. The first-order chi connectivity index (χ1) is 9.59. The standard InChI is InChI=1S/C13H21N5OS/c1-9-10(2)16-17-13(11(9)12(14)20)15-3-4-18-5-7-19-8-6-18/h3-8H2,1-2H3,(H2,14,20)(H,15,17). The van der Waals surface area contributed by atoms with Crippen molar-refractivity contribution in [1.82, 2.24) is 15.1 Å². The monoisotopic (exact) mass is 295 g/mol. The van der Waals surface area contributed by atoms with E-state index in [1.807, 2.05) is 13.8 Å². The molecule has 0 unspecified atom stereocenters. The lowest BCUT2D eigenvalue weighted by atomic mass is 10.1. The summed E-state index contributed by atoms with van der Waals surface area (Å²) < 4.78 is 5.33. The van der Waals surface area contributed by atoms with Gasteiger partial charge in [0.1, 0.15) is 4.99 Å².